The van der Waals surface area contributed by atoms with Crippen molar-refractivity contribution in [2.24, 2.45) is 7.05 Å². The van der Waals surface area contributed by atoms with Gasteiger partial charge in [0.2, 0.25) is 10.5 Å². The smallest absolute Gasteiger partial charge is 0.247 e. The molecule has 0 atom stereocenters. The van der Waals surface area contributed by atoms with E-state index in [0.29, 0.717) is 0 Å². The van der Waals surface area contributed by atoms with E-state index in [-0.39, 0.29) is 24.0 Å². The first-order valence-corrected chi connectivity index (χ1v) is 8.78. The minimum Gasteiger partial charge on any atom is -1.00 e. The van der Waals surface area contributed by atoms with Crippen LogP contribution >= 0.6 is 11.8 Å². The fourth-order valence-corrected chi connectivity index (χ4v) is 3.87. The van der Waals surface area contributed by atoms with Crippen LogP contribution in [0.5, 0.6) is 0 Å². The Morgan fingerprint density at radius 3 is 2.13 bits per heavy atom. The van der Waals surface area contributed by atoms with E-state index in [2.05, 4.69) is 81.1 Å². The van der Waals surface area contributed by atoms with Gasteiger partial charge in [-0.15, -0.1) is 0 Å². The van der Waals surface area contributed by atoms with Gasteiger partial charge < -0.3 is 24.0 Å². The molecule has 0 bridgehead atoms. The minimum atomic E-state index is 0. The van der Waals surface area contributed by atoms with Gasteiger partial charge in [0.15, 0.2) is 0 Å². The molecule has 1 aromatic heterocycles. The van der Waals surface area contributed by atoms with Crippen molar-refractivity contribution in [3.8, 4) is 11.1 Å². The molecule has 0 fully saturated rings. The number of aryl methyl sites for hydroxylation is 4. The number of benzene rings is 2. The molecule has 0 N–H and O–H groups in total. The average Bonchev–Trinajstić information content (AvgIpc) is 2.49. The molecule has 0 saturated carbocycles. The Morgan fingerprint density at radius 1 is 0.870 bits per heavy atom. The third-order valence-corrected chi connectivity index (χ3v) is 5.13. The maximum atomic E-state index is 2.35. The van der Waals surface area contributed by atoms with Crippen LogP contribution in [-0.4, -0.2) is 6.26 Å². The van der Waals surface area contributed by atoms with Crippen LogP contribution in [0.15, 0.2) is 47.5 Å². The molecule has 3 heteroatoms. The summed E-state index contributed by atoms with van der Waals surface area (Å²) in [6.07, 6.45) is 2.15. The third-order valence-electron chi connectivity index (χ3n) is 4.25. The second-order valence-electron chi connectivity index (χ2n) is 6.01. The molecule has 0 spiro atoms. The van der Waals surface area contributed by atoms with E-state index in [1.165, 1.54) is 43.7 Å². The van der Waals surface area contributed by atoms with E-state index in [0.717, 1.165) is 0 Å². The van der Waals surface area contributed by atoms with E-state index < -0.39 is 0 Å². The van der Waals surface area contributed by atoms with E-state index >= 15 is 0 Å². The molecule has 1 nitrogen and oxygen atoms in total. The van der Waals surface area contributed by atoms with E-state index in [1.807, 2.05) is 11.8 Å². The molecule has 0 aliphatic carbocycles. The number of fused-ring (bicyclic) bond motifs is 1. The fourth-order valence-electron chi connectivity index (χ4n) is 3.10. The number of pyridine rings is 1. The van der Waals surface area contributed by atoms with E-state index in [1.54, 1.807) is 0 Å². The van der Waals surface area contributed by atoms with Crippen LogP contribution in [0.4, 0.5) is 0 Å². The largest absolute Gasteiger partial charge is 1.00 e. The molecular formula is C20H22INS. The van der Waals surface area contributed by atoms with Gasteiger partial charge in [-0.3, -0.25) is 0 Å². The summed E-state index contributed by atoms with van der Waals surface area (Å²) < 4.78 is 2.33. The van der Waals surface area contributed by atoms with Gasteiger partial charge in [-0.2, -0.15) is 4.57 Å². The van der Waals surface area contributed by atoms with Gasteiger partial charge in [0, 0.05) is 11.5 Å². The number of halogens is 1. The molecule has 2 aromatic carbocycles. The van der Waals surface area contributed by atoms with Crippen LogP contribution < -0.4 is 28.5 Å². The lowest BCUT2D eigenvalue weighted by atomic mass is 10.0. The van der Waals surface area contributed by atoms with Crippen LogP contribution in [0.25, 0.3) is 22.0 Å². The molecule has 0 saturated heterocycles. The summed E-state index contributed by atoms with van der Waals surface area (Å²) in [4.78, 5) is 0. The van der Waals surface area contributed by atoms with Crippen molar-refractivity contribution in [1.82, 2.24) is 0 Å². The van der Waals surface area contributed by atoms with Gasteiger partial charge in [0.25, 0.3) is 0 Å². The normalized spacial score (nSPS) is 10.7. The predicted molar refractivity (Wildman–Crippen MR) is 96.6 cm³/mol. The van der Waals surface area contributed by atoms with E-state index in [9.17, 15) is 0 Å². The van der Waals surface area contributed by atoms with Crippen LogP contribution in [0.3, 0.4) is 0 Å². The Balaban J connectivity index is 0.00000192. The SMILES string of the molecule is CSc1c(-c2ccc(C)cc2)cc2c(C)cc(C)cc2[n+]1C.[I-]. The van der Waals surface area contributed by atoms with Crippen LogP contribution in [0.2, 0.25) is 0 Å². The van der Waals surface area contributed by atoms with Crippen molar-refractivity contribution in [2.75, 3.05) is 6.26 Å². The molecule has 23 heavy (non-hydrogen) atoms. The number of hydrogen-bond donors (Lipinski definition) is 0. The molecular weight excluding hydrogens is 413 g/mol. The zero-order chi connectivity index (χ0) is 15.9. The highest BCUT2D eigenvalue weighted by atomic mass is 127. The summed E-state index contributed by atoms with van der Waals surface area (Å²) in [6, 6.07) is 15.7. The summed E-state index contributed by atoms with van der Waals surface area (Å²) in [5, 5.41) is 2.64. The number of rotatable bonds is 2. The summed E-state index contributed by atoms with van der Waals surface area (Å²) in [6.45, 7) is 6.50. The highest BCUT2D eigenvalue weighted by molar-refractivity contribution is 7.98. The zero-order valence-electron chi connectivity index (χ0n) is 14.3. The van der Waals surface area contributed by atoms with Crippen molar-refractivity contribution in [3.05, 3.63) is 59.2 Å². The molecule has 1 heterocycles. The van der Waals surface area contributed by atoms with Crippen molar-refractivity contribution in [2.45, 2.75) is 25.8 Å². The first-order chi connectivity index (χ1) is 10.5. The van der Waals surface area contributed by atoms with Gasteiger partial charge in [-0.05, 0) is 49.8 Å². The fraction of sp³-hybridized carbons (Fsp3) is 0.250. The maximum Gasteiger partial charge on any atom is 0.247 e. The third kappa shape index (κ3) is 3.41. The summed E-state index contributed by atoms with van der Waals surface area (Å²) in [7, 11) is 2.17. The lowest BCUT2D eigenvalue weighted by molar-refractivity contribution is -0.682. The molecule has 0 amide bonds. The van der Waals surface area contributed by atoms with Crippen LogP contribution in [0.1, 0.15) is 16.7 Å². The first-order valence-electron chi connectivity index (χ1n) is 7.56. The Labute approximate surface area is 160 Å². The maximum absolute atomic E-state index is 2.35. The van der Waals surface area contributed by atoms with Gasteiger partial charge in [-0.1, -0.05) is 47.7 Å². The molecule has 0 aliphatic heterocycles. The molecule has 3 rings (SSSR count). The Bertz CT molecular complexity index is 854. The van der Waals surface area contributed by atoms with Crippen molar-refractivity contribution >= 4 is 22.7 Å². The van der Waals surface area contributed by atoms with Gasteiger partial charge in [0.05, 0.1) is 5.56 Å². The lowest BCUT2D eigenvalue weighted by Gasteiger charge is -2.11. The minimum absolute atomic E-state index is 0. The Hall–Kier alpha value is -1.07. The van der Waals surface area contributed by atoms with Crippen molar-refractivity contribution in [3.63, 3.8) is 0 Å². The van der Waals surface area contributed by atoms with Gasteiger partial charge in [0.1, 0.15) is 7.05 Å². The van der Waals surface area contributed by atoms with Crippen molar-refractivity contribution in [1.29, 1.82) is 0 Å². The average molecular weight is 435 g/mol. The molecule has 0 aliphatic rings. The molecule has 0 unspecified atom stereocenters. The first kappa shape index (κ1) is 18.3. The van der Waals surface area contributed by atoms with Gasteiger partial charge >= 0.3 is 0 Å². The summed E-state index contributed by atoms with van der Waals surface area (Å²) in [5.41, 5.74) is 7.85. The monoisotopic (exact) mass is 435 g/mol. The summed E-state index contributed by atoms with van der Waals surface area (Å²) >= 11 is 1.81. The van der Waals surface area contributed by atoms with Crippen molar-refractivity contribution < 1.29 is 28.5 Å². The second kappa shape index (κ2) is 7.22. The molecule has 0 radical (unpaired) electrons. The van der Waals surface area contributed by atoms with Gasteiger partial charge in [-0.25, -0.2) is 0 Å². The van der Waals surface area contributed by atoms with E-state index in [4.69, 9.17) is 0 Å². The quantitative estimate of drug-likeness (QED) is 0.338. The highest BCUT2D eigenvalue weighted by Gasteiger charge is 2.20. The van der Waals surface area contributed by atoms with Crippen LogP contribution in [-0.2, 0) is 7.05 Å². The number of hydrogen-bond acceptors (Lipinski definition) is 1. The number of thioether (sulfide) groups is 1. The van der Waals surface area contributed by atoms with Crippen LogP contribution in [0, 0.1) is 20.8 Å². The standard InChI is InChI=1S/C20H22NS.HI/c1-13-6-8-16(9-7-13)18-12-17-15(3)10-14(2)11-19(17)21(4)20(18)22-5;/h6-12H,1-5H3;1H/q+1;/p-1. The number of aromatic nitrogens is 1. The lowest BCUT2D eigenvalue weighted by Crippen LogP contribution is -3.00. The zero-order valence-corrected chi connectivity index (χ0v) is 17.2. The number of nitrogens with zero attached hydrogens (tertiary/aromatic N) is 1. The second-order valence-corrected chi connectivity index (χ2v) is 6.80. The summed E-state index contributed by atoms with van der Waals surface area (Å²) in [5.74, 6) is 0. The topological polar surface area (TPSA) is 3.88 Å². The molecule has 120 valence electrons. The Kier molecular flexibility index (Phi) is 5.74. The highest BCUT2D eigenvalue weighted by Crippen LogP contribution is 2.32. The molecule has 3 aromatic rings. The Morgan fingerprint density at radius 2 is 1.52 bits per heavy atom. The predicted octanol–water partition coefficient (Wildman–Crippen LogP) is 1.98.